The fourth-order valence-electron chi connectivity index (χ4n) is 0.423. The van der Waals surface area contributed by atoms with Crippen LogP contribution in [0.1, 0.15) is 20.8 Å². The van der Waals surface area contributed by atoms with E-state index in [0.29, 0.717) is 0 Å². The lowest BCUT2D eigenvalue weighted by atomic mass is 10.2. The zero-order valence-corrected chi connectivity index (χ0v) is 8.76. The van der Waals surface area contributed by atoms with Crippen LogP contribution in [0, 0.1) is 5.92 Å². The second-order valence-electron chi connectivity index (χ2n) is 2.51. The maximum absolute atomic E-state index is 3.41. The average molecular weight is 211 g/mol. The standard InChI is InChI=1S/C7H15BrS/c1-6(2)7(3)9-5-4-8/h6-7H,4-5H2,1-3H3. The fourth-order valence-corrected chi connectivity index (χ4v) is 1.83. The Kier molecular flexibility index (Phi) is 6.12. The minimum atomic E-state index is 0.808. The molecule has 0 spiro atoms. The van der Waals surface area contributed by atoms with Gasteiger partial charge in [-0.15, -0.1) is 0 Å². The van der Waals surface area contributed by atoms with Crippen LogP contribution in [-0.4, -0.2) is 16.3 Å². The fraction of sp³-hybridized carbons (Fsp3) is 1.00. The highest BCUT2D eigenvalue weighted by molar-refractivity contribution is 9.09. The van der Waals surface area contributed by atoms with Crippen molar-refractivity contribution in [2.45, 2.75) is 26.0 Å². The highest BCUT2D eigenvalue weighted by atomic mass is 79.9. The van der Waals surface area contributed by atoms with Crippen molar-refractivity contribution in [1.82, 2.24) is 0 Å². The molecule has 2 heteroatoms. The summed E-state index contributed by atoms with van der Waals surface area (Å²) < 4.78 is 0. The van der Waals surface area contributed by atoms with Crippen molar-refractivity contribution in [2.24, 2.45) is 5.92 Å². The second kappa shape index (κ2) is 5.60. The Morgan fingerprint density at radius 1 is 1.33 bits per heavy atom. The molecule has 0 saturated carbocycles. The Hall–Kier alpha value is 0.830. The summed E-state index contributed by atoms with van der Waals surface area (Å²) in [4.78, 5) is 0. The third-order valence-electron chi connectivity index (χ3n) is 1.40. The third kappa shape index (κ3) is 5.28. The first-order valence-corrected chi connectivity index (χ1v) is 5.53. The van der Waals surface area contributed by atoms with Crippen molar-refractivity contribution < 1.29 is 0 Å². The summed E-state index contributed by atoms with van der Waals surface area (Å²) in [6.45, 7) is 6.83. The normalized spacial score (nSPS) is 14.3. The van der Waals surface area contributed by atoms with E-state index < -0.39 is 0 Å². The molecule has 0 amide bonds. The highest BCUT2D eigenvalue weighted by Crippen LogP contribution is 2.18. The number of hydrogen-bond donors (Lipinski definition) is 0. The summed E-state index contributed by atoms with van der Waals surface area (Å²) in [6.07, 6.45) is 0. The zero-order valence-electron chi connectivity index (χ0n) is 6.36. The molecule has 0 fully saturated rings. The topological polar surface area (TPSA) is 0 Å². The minimum absolute atomic E-state index is 0.808. The quantitative estimate of drug-likeness (QED) is 0.643. The van der Waals surface area contributed by atoms with E-state index >= 15 is 0 Å². The second-order valence-corrected chi connectivity index (χ2v) is 4.79. The summed E-state index contributed by atoms with van der Waals surface area (Å²) in [6, 6.07) is 0. The van der Waals surface area contributed by atoms with E-state index in [4.69, 9.17) is 0 Å². The molecule has 1 atom stereocenters. The van der Waals surface area contributed by atoms with Crippen molar-refractivity contribution in [3.63, 3.8) is 0 Å². The molecule has 0 aliphatic carbocycles. The lowest BCUT2D eigenvalue weighted by Gasteiger charge is -2.13. The SMILES string of the molecule is CC(C)C(C)SCCBr. The largest absolute Gasteiger partial charge is 0.158 e. The lowest BCUT2D eigenvalue weighted by molar-refractivity contribution is 0.642. The monoisotopic (exact) mass is 210 g/mol. The van der Waals surface area contributed by atoms with Crippen molar-refractivity contribution in [3.8, 4) is 0 Å². The molecule has 0 aromatic heterocycles. The highest BCUT2D eigenvalue weighted by Gasteiger charge is 2.05. The molecular formula is C7H15BrS. The van der Waals surface area contributed by atoms with E-state index in [1.807, 2.05) is 11.8 Å². The third-order valence-corrected chi connectivity index (χ3v) is 3.83. The Morgan fingerprint density at radius 2 is 1.89 bits per heavy atom. The summed E-state index contributed by atoms with van der Waals surface area (Å²) in [5, 5.41) is 1.93. The first-order valence-electron chi connectivity index (χ1n) is 3.36. The van der Waals surface area contributed by atoms with Gasteiger partial charge in [0.05, 0.1) is 0 Å². The molecule has 9 heavy (non-hydrogen) atoms. The van der Waals surface area contributed by atoms with Gasteiger partial charge in [0.25, 0.3) is 0 Å². The molecule has 0 aliphatic rings. The molecule has 0 aromatic carbocycles. The van der Waals surface area contributed by atoms with Crippen LogP contribution in [0.15, 0.2) is 0 Å². The van der Waals surface area contributed by atoms with Gasteiger partial charge >= 0.3 is 0 Å². The predicted molar refractivity (Wildman–Crippen MR) is 50.6 cm³/mol. The predicted octanol–water partition coefficient (Wildman–Crippen LogP) is 3.16. The van der Waals surface area contributed by atoms with Crippen LogP contribution in [-0.2, 0) is 0 Å². The molecule has 0 heterocycles. The molecule has 0 aliphatic heterocycles. The molecule has 56 valence electrons. The van der Waals surface area contributed by atoms with Gasteiger partial charge in [0.2, 0.25) is 0 Å². The minimum Gasteiger partial charge on any atom is -0.158 e. The van der Waals surface area contributed by atoms with Crippen LogP contribution >= 0.6 is 27.7 Å². The molecule has 0 saturated heterocycles. The maximum atomic E-state index is 3.41. The van der Waals surface area contributed by atoms with Gasteiger partial charge in [0, 0.05) is 16.3 Å². The lowest BCUT2D eigenvalue weighted by Crippen LogP contribution is -2.06. The van der Waals surface area contributed by atoms with Gasteiger partial charge in [-0.1, -0.05) is 36.7 Å². The van der Waals surface area contributed by atoms with Crippen molar-refractivity contribution >= 4 is 27.7 Å². The van der Waals surface area contributed by atoms with Crippen LogP contribution < -0.4 is 0 Å². The number of alkyl halides is 1. The van der Waals surface area contributed by atoms with Crippen molar-refractivity contribution in [2.75, 3.05) is 11.1 Å². The molecule has 0 aromatic rings. The molecule has 0 nitrogen and oxygen atoms in total. The smallest absolute Gasteiger partial charge is 0.0122 e. The number of thioether (sulfide) groups is 1. The van der Waals surface area contributed by atoms with Gasteiger partial charge in [-0.05, 0) is 5.92 Å². The van der Waals surface area contributed by atoms with Crippen LogP contribution in [0.4, 0.5) is 0 Å². The van der Waals surface area contributed by atoms with Gasteiger partial charge in [-0.3, -0.25) is 0 Å². The first kappa shape index (κ1) is 9.83. The van der Waals surface area contributed by atoms with Crippen LogP contribution in [0.25, 0.3) is 0 Å². The van der Waals surface area contributed by atoms with Gasteiger partial charge in [-0.25, -0.2) is 0 Å². The van der Waals surface area contributed by atoms with E-state index in [1.165, 1.54) is 5.75 Å². The molecule has 1 unspecified atom stereocenters. The Morgan fingerprint density at radius 3 is 2.22 bits per heavy atom. The maximum Gasteiger partial charge on any atom is 0.0122 e. The van der Waals surface area contributed by atoms with Crippen LogP contribution in [0.2, 0.25) is 0 Å². The van der Waals surface area contributed by atoms with Crippen molar-refractivity contribution in [3.05, 3.63) is 0 Å². The van der Waals surface area contributed by atoms with E-state index in [9.17, 15) is 0 Å². The Labute approximate surface area is 70.9 Å². The summed E-state index contributed by atoms with van der Waals surface area (Å²) in [5.41, 5.74) is 0. The average Bonchev–Trinajstić information content (AvgIpc) is 1.82. The van der Waals surface area contributed by atoms with E-state index in [2.05, 4.69) is 36.7 Å². The molecule has 0 bridgehead atoms. The van der Waals surface area contributed by atoms with Crippen molar-refractivity contribution in [1.29, 1.82) is 0 Å². The number of halogens is 1. The molecule has 0 N–H and O–H groups in total. The summed E-state index contributed by atoms with van der Waals surface area (Å²) >= 11 is 5.44. The van der Waals surface area contributed by atoms with Gasteiger partial charge in [0.1, 0.15) is 0 Å². The number of hydrogen-bond acceptors (Lipinski definition) is 1. The van der Waals surface area contributed by atoms with Crippen LogP contribution in [0.5, 0.6) is 0 Å². The Balaban J connectivity index is 3.16. The summed E-state index contributed by atoms with van der Waals surface area (Å²) in [7, 11) is 0. The van der Waals surface area contributed by atoms with Gasteiger partial charge < -0.3 is 0 Å². The van der Waals surface area contributed by atoms with Crippen LogP contribution in [0.3, 0.4) is 0 Å². The van der Waals surface area contributed by atoms with E-state index in [0.717, 1.165) is 16.5 Å². The Bertz CT molecular complexity index is 63.9. The summed E-state index contributed by atoms with van der Waals surface area (Å²) in [5.74, 6) is 2.05. The van der Waals surface area contributed by atoms with E-state index in [1.54, 1.807) is 0 Å². The molecule has 0 rings (SSSR count). The van der Waals surface area contributed by atoms with Gasteiger partial charge in [-0.2, -0.15) is 11.8 Å². The van der Waals surface area contributed by atoms with Gasteiger partial charge in [0.15, 0.2) is 0 Å². The number of rotatable bonds is 4. The molecular weight excluding hydrogens is 196 g/mol. The molecule has 0 radical (unpaired) electrons. The first-order chi connectivity index (χ1) is 4.18. The zero-order chi connectivity index (χ0) is 7.28. The van der Waals surface area contributed by atoms with E-state index in [-0.39, 0.29) is 0 Å².